The van der Waals surface area contributed by atoms with Gasteiger partial charge in [0.1, 0.15) is 0 Å². The van der Waals surface area contributed by atoms with Crippen LogP contribution in [-0.4, -0.2) is 49.5 Å². The van der Waals surface area contributed by atoms with Crippen molar-refractivity contribution in [3.8, 4) is 0 Å². The van der Waals surface area contributed by atoms with E-state index in [2.05, 4.69) is 57.8 Å². The number of aliphatic imine (C=N–C) groups is 1. The highest BCUT2D eigenvalue weighted by Gasteiger charge is 2.21. The Kier molecular flexibility index (Phi) is 7.53. The van der Waals surface area contributed by atoms with Crippen molar-refractivity contribution in [1.29, 1.82) is 0 Å². The first-order valence-corrected chi connectivity index (χ1v) is 10.1. The standard InChI is InChI=1S/C22H30N4O2/c1-2-23-22(25-13-12-24-21(27)20-9-6-16-28-20)26-14-10-19(11-15-26)17-18-7-4-3-5-8-18/h3-9,16,19H,2,10-15,17H2,1H3,(H,23,25)(H,24,27). The molecule has 1 aliphatic rings. The molecule has 2 aromatic rings. The van der Waals surface area contributed by atoms with Crippen LogP contribution in [0.5, 0.6) is 0 Å². The van der Waals surface area contributed by atoms with E-state index in [9.17, 15) is 4.79 Å². The SMILES string of the molecule is CCNC(=NCCNC(=O)c1ccco1)N1CCC(Cc2ccccc2)CC1. The summed E-state index contributed by atoms with van der Waals surface area (Å²) in [5.41, 5.74) is 1.42. The van der Waals surface area contributed by atoms with Crippen molar-refractivity contribution in [2.45, 2.75) is 26.2 Å². The van der Waals surface area contributed by atoms with Gasteiger partial charge in [0.2, 0.25) is 0 Å². The highest BCUT2D eigenvalue weighted by molar-refractivity contribution is 5.91. The summed E-state index contributed by atoms with van der Waals surface area (Å²) in [7, 11) is 0. The first-order valence-electron chi connectivity index (χ1n) is 10.1. The molecule has 1 aliphatic heterocycles. The van der Waals surface area contributed by atoms with E-state index >= 15 is 0 Å². The van der Waals surface area contributed by atoms with Crippen LogP contribution in [0.4, 0.5) is 0 Å². The maximum Gasteiger partial charge on any atom is 0.287 e. The molecule has 1 fully saturated rings. The number of nitrogens with one attached hydrogen (secondary N) is 2. The highest BCUT2D eigenvalue weighted by Crippen LogP contribution is 2.21. The molecule has 0 bridgehead atoms. The molecule has 0 radical (unpaired) electrons. The summed E-state index contributed by atoms with van der Waals surface area (Å²) in [5.74, 6) is 1.80. The number of hydrogen-bond acceptors (Lipinski definition) is 3. The molecule has 0 saturated carbocycles. The third-order valence-corrected chi connectivity index (χ3v) is 5.02. The molecule has 2 N–H and O–H groups in total. The Hall–Kier alpha value is -2.76. The maximum absolute atomic E-state index is 11.9. The van der Waals surface area contributed by atoms with Crippen molar-refractivity contribution in [1.82, 2.24) is 15.5 Å². The predicted molar refractivity (Wildman–Crippen MR) is 111 cm³/mol. The molecular weight excluding hydrogens is 352 g/mol. The lowest BCUT2D eigenvalue weighted by atomic mass is 9.90. The van der Waals surface area contributed by atoms with E-state index < -0.39 is 0 Å². The lowest BCUT2D eigenvalue weighted by Gasteiger charge is -2.34. The maximum atomic E-state index is 11.9. The van der Waals surface area contributed by atoms with Crippen LogP contribution in [0.1, 0.15) is 35.9 Å². The lowest BCUT2D eigenvalue weighted by Crippen LogP contribution is -2.46. The van der Waals surface area contributed by atoms with Gasteiger partial charge in [-0.05, 0) is 49.8 Å². The van der Waals surface area contributed by atoms with Gasteiger partial charge in [0.15, 0.2) is 11.7 Å². The third-order valence-electron chi connectivity index (χ3n) is 5.02. The van der Waals surface area contributed by atoms with E-state index in [0.29, 0.717) is 18.8 Å². The van der Waals surface area contributed by atoms with Gasteiger partial charge < -0.3 is 20.0 Å². The molecule has 0 aliphatic carbocycles. The van der Waals surface area contributed by atoms with Crippen LogP contribution >= 0.6 is 0 Å². The molecule has 1 aromatic carbocycles. The number of hydrogen-bond donors (Lipinski definition) is 2. The van der Waals surface area contributed by atoms with Gasteiger partial charge in [-0.3, -0.25) is 9.79 Å². The second-order valence-electron chi connectivity index (χ2n) is 7.09. The van der Waals surface area contributed by atoms with Gasteiger partial charge in [-0.1, -0.05) is 30.3 Å². The van der Waals surface area contributed by atoms with E-state index in [4.69, 9.17) is 4.42 Å². The fourth-order valence-electron chi connectivity index (χ4n) is 3.55. The molecule has 1 aromatic heterocycles. The van der Waals surface area contributed by atoms with Crippen LogP contribution < -0.4 is 10.6 Å². The van der Waals surface area contributed by atoms with Gasteiger partial charge in [-0.25, -0.2) is 0 Å². The number of furan rings is 1. The van der Waals surface area contributed by atoms with Crippen molar-refractivity contribution in [2.24, 2.45) is 10.9 Å². The van der Waals surface area contributed by atoms with E-state index in [-0.39, 0.29) is 5.91 Å². The van der Waals surface area contributed by atoms with Crippen molar-refractivity contribution in [2.75, 3.05) is 32.7 Å². The molecule has 150 valence electrons. The van der Waals surface area contributed by atoms with Crippen LogP contribution in [0.15, 0.2) is 58.1 Å². The summed E-state index contributed by atoms with van der Waals surface area (Å²) in [6.45, 7) is 5.97. The van der Waals surface area contributed by atoms with Crippen LogP contribution in [-0.2, 0) is 6.42 Å². The van der Waals surface area contributed by atoms with Crippen LogP contribution in [0.3, 0.4) is 0 Å². The number of benzene rings is 1. The van der Waals surface area contributed by atoms with E-state index in [1.54, 1.807) is 12.1 Å². The molecule has 28 heavy (non-hydrogen) atoms. The topological polar surface area (TPSA) is 69.9 Å². The number of likely N-dealkylation sites (tertiary alicyclic amines) is 1. The minimum Gasteiger partial charge on any atom is -0.459 e. The summed E-state index contributed by atoms with van der Waals surface area (Å²) in [5, 5.41) is 6.21. The molecule has 3 rings (SSSR count). The first kappa shape index (κ1) is 20.0. The van der Waals surface area contributed by atoms with Gasteiger partial charge in [-0.2, -0.15) is 0 Å². The third kappa shape index (κ3) is 5.87. The molecule has 0 atom stereocenters. The van der Waals surface area contributed by atoms with Crippen LogP contribution in [0.2, 0.25) is 0 Å². The number of amides is 1. The Balaban J connectivity index is 1.44. The second-order valence-corrected chi connectivity index (χ2v) is 7.09. The smallest absolute Gasteiger partial charge is 0.287 e. The van der Waals surface area contributed by atoms with Crippen molar-refractivity contribution >= 4 is 11.9 Å². The summed E-state index contributed by atoms with van der Waals surface area (Å²) < 4.78 is 5.09. The molecule has 1 saturated heterocycles. The summed E-state index contributed by atoms with van der Waals surface area (Å²) in [4.78, 5) is 18.9. The number of carbonyl (C=O) groups is 1. The lowest BCUT2D eigenvalue weighted by molar-refractivity contribution is 0.0927. The number of carbonyl (C=O) groups excluding carboxylic acids is 1. The molecule has 6 nitrogen and oxygen atoms in total. The monoisotopic (exact) mass is 382 g/mol. The zero-order valence-corrected chi connectivity index (χ0v) is 16.6. The fraction of sp³-hybridized carbons (Fsp3) is 0.455. The number of guanidine groups is 1. The number of rotatable bonds is 7. The minimum atomic E-state index is -0.202. The van der Waals surface area contributed by atoms with E-state index in [0.717, 1.165) is 37.9 Å². The van der Waals surface area contributed by atoms with Crippen LogP contribution in [0, 0.1) is 5.92 Å². The summed E-state index contributed by atoms with van der Waals surface area (Å²) >= 11 is 0. The zero-order chi connectivity index (χ0) is 19.6. The molecule has 2 heterocycles. The highest BCUT2D eigenvalue weighted by atomic mass is 16.3. The van der Waals surface area contributed by atoms with Gasteiger partial charge in [0, 0.05) is 26.2 Å². The second kappa shape index (κ2) is 10.5. The van der Waals surface area contributed by atoms with Crippen molar-refractivity contribution in [3.63, 3.8) is 0 Å². The average molecular weight is 383 g/mol. The molecule has 1 amide bonds. The van der Waals surface area contributed by atoms with E-state index in [1.165, 1.54) is 24.7 Å². The Morgan fingerprint density at radius 3 is 2.61 bits per heavy atom. The quantitative estimate of drug-likeness (QED) is 0.439. The first-order chi connectivity index (χ1) is 13.8. The Morgan fingerprint density at radius 1 is 1.14 bits per heavy atom. The van der Waals surface area contributed by atoms with Gasteiger partial charge in [0.25, 0.3) is 5.91 Å². The van der Waals surface area contributed by atoms with Crippen molar-refractivity contribution < 1.29 is 9.21 Å². The normalized spacial score (nSPS) is 15.5. The predicted octanol–water partition coefficient (Wildman–Crippen LogP) is 2.93. The van der Waals surface area contributed by atoms with Gasteiger partial charge in [-0.15, -0.1) is 0 Å². The Morgan fingerprint density at radius 2 is 1.93 bits per heavy atom. The largest absolute Gasteiger partial charge is 0.459 e. The molecule has 0 spiro atoms. The van der Waals surface area contributed by atoms with Crippen molar-refractivity contribution in [3.05, 3.63) is 60.1 Å². The van der Waals surface area contributed by atoms with Crippen LogP contribution in [0.25, 0.3) is 0 Å². The Bertz CT molecular complexity index is 735. The summed E-state index contributed by atoms with van der Waals surface area (Å²) in [6, 6.07) is 14.1. The number of piperidine rings is 1. The Labute approximate surface area is 167 Å². The summed E-state index contributed by atoms with van der Waals surface area (Å²) in [6.07, 6.45) is 5.00. The molecule has 0 unspecified atom stereocenters. The average Bonchev–Trinajstić information content (AvgIpc) is 3.27. The zero-order valence-electron chi connectivity index (χ0n) is 16.6. The number of nitrogens with zero attached hydrogens (tertiary/aromatic N) is 2. The minimum absolute atomic E-state index is 0.202. The molecular formula is C22H30N4O2. The van der Waals surface area contributed by atoms with Gasteiger partial charge in [0.05, 0.1) is 12.8 Å². The van der Waals surface area contributed by atoms with Gasteiger partial charge >= 0.3 is 0 Å². The fourth-order valence-corrected chi connectivity index (χ4v) is 3.55. The van der Waals surface area contributed by atoms with E-state index in [1.807, 2.05) is 0 Å². The molecule has 6 heteroatoms.